The van der Waals surface area contributed by atoms with Crippen LogP contribution in [0.2, 0.25) is 0 Å². The summed E-state index contributed by atoms with van der Waals surface area (Å²) in [5, 5.41) is 8.46. The van der Waals surface area contributed by atoms with Gasteiger partial charge >= 0.3 is 0 Å². The van der Waals surface area contributed by atoms with Crippen LogP contribution < -0.4 is 0 Å². The molecule has 0 unspecified atom stereocenters. The summed E-state index contributed by atoms with van der Waals surface area (Å²) in [6.45, 7) is 5.84. The van der Waals surface area contributed by atoms with E-state index in [0.29, 0.717) is 5.76 Å². The zero-order valence-electron chi connectivity index (χ0n) is 6.72. The van der Waals surface area contributed by atoms with Crippen LogP contribution in [-0.2, 0) is 6.61 Å². The lowest BCUT2D eigenvalue weighted by atomic mass is 10.4. The van der Waals surface area contributed by atoms with Crippen LogP contribution in [0, 0.1) is 6.92 Å². The van der Waals surface area contributed by atoms with Gasteiger partial charge in [-0.25, -0.2) is 0 Å². The minimum Gasteiger partial charge on any atom is -0.464 e. The lowest BCUT2D eigenvalue weighted by Gasteiger charge is -1.82. The van der Waals surface area contributed by atoms with Gasteiger partial charge in [0.1, 0.15) is 18.1 Å². The molecule has 11 heavy (non-hydrogen) atoms. The largest absolute Gasteiger partial charge is 0.464 e. The fourth-order valence-corrected chi connectivity index (χ4v) is 0.570. The Kier molecular flexibility index (Phi) is 8.60. The lowest BCUT2D eigenvalue weighted by molar-refractivity contribution is 0.245. The molecule has 1 rings (SSSR count). The zero-order valence-corrected chi connectivity index (χ0v) is 6.72. The van der Waals surface area contributed by atoms with Crippen molar-refractivity contribution >= 4 is 0 Å². The van der Waals surface area contributed by atoms with E-state index in [0.717, 1.165) is 5.76 Å². The summed E-state index contributed by atoms with van der Waals surface area (Å²) >= 11 is 0. The molecular formula is C9H18O2. The standard InChI is InChI=1S/C6H8O2.C2H6.CH4/c1-5-2-3-6(4-7)8-5;1-2;/h2-3,7H,4H2,1H3;1-2H3;1H4. The molecule has 0 aliphatic heterocycles. The van der Waals surface area contributed by atoms with Crippen LogP contribution in [0.1, 0.15) is 32.8 Å². The number of hydrogen-bond acceptors (Lipinski definition) is 2. The highest BCUT2D eigenvalue weighted by Crippen LogP contribution is 2.04. The molecule has 2 nitrogen and oxygen atoms in total. The van der Waals surface area contributed by atoms with Gasteiger partial charge in [-0.05, 0) is 19.1 Å². The molecule has 0 atom stereocenters. The van der Waals surface area contributed by atoms with Crippen molar-refractivity contribution in [3.63, 3.8) is 0 Å². The van der Waals surface area contributed by atoms with E-state index in [-0.39, 0.29) is 14.0 Å². The summed E-state index contributed by atoms with van der Waals surface area (Å²) in [6, 6.07) is 3.58. The van der Waals surface area contributed by atoms with E-state index in [9.17, 15) is 0 Å². The van der Waals surface area contributed by atoms with Gasteiger partial charge < -0.3 is 9.52 Å². The highest BCUT2D eigenvalue weighted by atomic mass is 16.4. The molecule has 0 radical (unpaired) electrons. The van der Waals surface area contributed by atoms with Crippen molar-refractivity contribution in [2.45, 2.75) is 34.8 Å². The minimum atomic E-state index is -0.00611. The Morgan fingerprint density at radius 1 is 1.36 bits per heavy atom. The van der Waals surface area contributed by atoms with Gasteiger partial charge in [-0.3, -0.25) is 0 Å². The normalized spacial score (nSPS) is 7.64. The van der Waals surface area contributed by atoms with Gasteiger partial charge in [-0.15, -0.1) is 0 Å². The van der Waals surface area contributed by atoms with E-state index in [1.807, 2.05) is 26.8 Å². The summed E-state index contributed by atoms with van der Waals surface area (Å²) in [6.07, 6.45) is 0. The third-order valence-corrected chi connectivity index (χ3v) is 0.952. The van der Waals surface area contributed by atoms with Crippen LogP contribution in [0.15, 0.2) is 16.5 Å². The minimum absolute atomic E-state index is 0. The monoisotopic (exact) mass is 158 g/mol. The van der Waals surface area contributed by atoms with Crippen LogP contribution in [0.3, 0.4) is 0 Å². The summed E-state index contributed by atoms with van der Waals surface area (Å²) < 4.78 is 4.98. The highest BCUT2D eigenvalue weighted by molar-refractivity contribution is 5.03. The molecule has 66 valence electrons. The number of rotatable bonds is 1. The average Bonchev–Trinajstić information content (AvgIpc) is 2.40. The molecule has 2 heteroatoms. The molecule has 1 aromatic heterocycles. The van der Waals surface area contributed by atoms with Gasteiger partial charge in [0.15, 0.2) is 0 Å². The van der Waals surface area contributed by atoms with Crippen LogP contribution in [0.5, 0.6) is 0 Å². The molecular weight excluding hydrogens is 140 g/mol. The molecule has 1 N–H and O–H groups in total. The average molecular weight is 158 g/mol. The van der Waals surface area contributed by atoms with Gasteiger partial charge in [-0.1, -0.05) is 21.3 Å². The summed E-state index contributed by atoms with van der Waals surface area (Å²) in [7, 11) is 0. The van der Waals surface area contributed by atoms with Crippen molar-refractivity contribution in [3.8, 4) is 0 Å². The van der Waals surface area contributed by atoms with Crippen molar-refractivity contribution in [1.29, 1.82) is 0 Å². The first-order valence-electron chi connectivity index (χ1n) is 3.49. The van der Waals surface area contributed by atoms with Gasteiger partial charge in [0.2, 0.25) is 0 Å². The summed E-state index contributed by atoms with van der Waals surface area (Å²) in [4.78, 5) is 0. The van der Waals surface area contributed by atoms with Crippen molar-refractivity contribution in [3.05, 3.63) is 23.7 Å². The molecule has 0 amide bonds. The highest BCUT2D eigenvalue weighted by Gasteiger charge is 1.92. The van der Waals surface area contributed by atoms with Gasteiger partial charge in [0, 0.05) is 0 Å². The lowest BCUT2D eigenvalue weighted by Crippen LogP contribution is -1.73. The van der Waals surface area contributed by atoms with Crippen LogP contribution in [-0.4, -0.2) is 5.11 Å². The third-order valence-electron chi connectivity index (χ3n) is 0.952. The van der Waals surface area contributed by atoms with Crippen LogP contribution in [0.25, 0.3) is 0 Å². The second-order valence-electron chi connectivity index (χ2n) is 1.67. The second-order valence-corrected chi connectivity index (χ2v) is 1.67. The van der Waals surface area contributed by atoms with Crippen molar-refractivity contribution in [2.75, 3.05) is 0 Å². The maximum atomic E-state index is 8.46. The molecule has 0 fully saturated rings. The smallest absolute Gasteiger partial charge is 0.129 e. The van der Waals surface area contributed by atoms with Crippen molar-refractivity contribution in [2.24, 2.45) is 0 Å². The molecule has 0 saturated heterocycles. The van der Waals surface area contributed by atoms with E-state index < -0.39 is 0 Å². The molecule has 0 aliphatic rings. The van der Waals surface area contributed by atoms with Gasteiger partial charge in [-0.2, -0.15) is 0 Å². The molecule has 0 spiro atoms. The third kappa shape index (κ3) is 4.62. The van der Waals surface area contributed by atoms with Gasteiger partial charge in [0.25, 0.3) is 0 Å². The Balaban J connectivity index is 0. The Hall–Kier alpha value is -0.760. The quantitative estimate of drug-likeness (QED) is 0.681. The Morgan fingerprint density at radius 2 is 1.91 bits per heavy atom. The number of aryl methyl sites for hydroxylation is 1. The topological polar surface area (TPSA) is 33.4 Å². The fraction of sp³-hybridized carbons (Fsp3) is 0.556. The van der Waals surface area contributed by atoms with Crippen LogP contribution in [0.4, 0.5) is 0 Å². The first-order chi connectivity index (χ1) is 4.83. The van der Waals surface area contributed by atoms with E-state index in [2.05, 4.69) is 0 Å². The van der Waals surface area contributed by atoms with E-state index >= 15 is 0 Å². The predicted octanol–water partition coefficient (Wildman–Crippen LogP) is 2.74. The Labute approximate surface area is 68.9 Å². The summed E-state index contributed by atoms with van der Waals surface area (Å²) in [5.41, 5.74) is 0. The number of hydrogen-bond donors (Lipinski definition) is 1. The van der Waals surface area contributed by atoms with E-state index in [1.165, 1.54) is 0 Å². The number of aliphatic hydroxyl groups excluding tert-OH is 1. The molecule has 0 aliphatic carbocycles. The Morgan fingerprint density at radius 3 is 2.09 bits per heavy atom. The fourth-order valence-electron chi connectivity index (χ4n) is 0.570. The van der Waals surface area contributed by atoms with Crippen molar-refractivity contribution in [1.82, 2.24) is 0 Å². The number of aliphatic hydroxyl groups is 1. The maximum absolute atomic E-state index is 8.46. The summed E-state index contributed by atoms with van der Waals surface area (Å²) in [5.74, 6) is 1.47. The predicted molar refractivity (Wildman–Crippen MR) is 47.4 cm³/mol. The first kappa shape index (κ1) is 12.9. The maximum Gasteiger partial charge on any atom is 0.129 e. The van der Waals surface area contributed by atoms with Crippen LogP contribution >= 0.6 is 0 Å². The van der Waals surface area contributed by atoms with Crippen molar-refractivity contribution < 1.29 is 9.52 Å². The zero-order chi connectivity index (χ0) is 7.98. The molecule has 0 bridgehead atoms. The molecule has 0 saturated carbocycles. The molecule has 1 heterocycles. The molecule has 0 aromatic carbocycles. The molecule has 1 aromatic rings. The Bertz CT molecular complexity index is 168. The van der Waals surface area contributed by atoms with Gasteiger partial charge in [0.05, 0.1) is 0 Å². The SMILES string of the molecule is C.CC.Cc1ccc(CO)o1. The van der Waals surface area contributed by atoms with E-state index in [4.69, 9.17) is 9.52 Å². The number of furan rings is 1. The first-order valence-corrected chi connectivity index (χ1v) is 3.49. The second kappa shape index (κ2) is 7.35. The van der Waals surface area contributed by atoms with E-state index in [1.54, 1.807) is 6.07 Å².